The maximum Gasteiger partial charge on any atom is 1.00 e. The van der Waals surface area contributed by atoms with Crippen LogP contribution in [0.15, 0.2) is 18.2 Å². The van der Waals surface area contributed by atoms with E-state index in [2.05, 4.69) is 6.92 Å². The van der Waals surface area contributed by atoms with E-state index in [4.69, 9.17) is 5.11 Å². The zero-order chi connectivity index (χ0) is 12.0. The van der Waals surface area contributed by atoms with Crippen molar-refractivity contribution >= 4 is 5.97 Å². The van der Waals surface area contributed by atoms with Gasteiger partial charge in [-0.2, -0.15) is 0 Å². The third kappa shape index (κ3) is 5.53. The maximum atomic E-state index is 11.7. The molecule has 0 aliphatic carbocycles. The van der Waals surface area contributed by atoms with E-state index in [-0.39, 0.29) is 62.7 Å². The van der Waals surface area contributed by atoms with E-state index >= 15 is 0 Å². The fourth-order valence-electron chi connectivity index (χ4n) is 1.69. The van der Waals surface area contributed by atoms with Gasteiger partial charge >= 0.3 is 57.4 Å². The Morgan fingerprint density at radius 2 is 2.00 bits per heavy atom. The van der Waals surface area contributed by atoms with E-state index in [9.17, 15) is 9.90 Å². The monoisotopic (exact) mass is 260 g/mol. The predicted molar refractivity (Wildman–Crippen MR) is 60.7 cm³/mol. The van der Waals surface area contributed by atoms with Gasteiger partial charge in [0.15, 0.2) is 0 Å². The van der Waals surface area contributed by atoms with E-state index in [0.29, 0.717) is 12.0 Å². The van der Waals surface area contributed by atoms with Gasteiger partial charge in [0.1, 0.15) is 0 Å². The van der Waals surface area contributed by atoms with Crippen molar-refractivity contribution in [3.8, 4) is 5.75 Å². The number of unbranched alkanes of at least 4 members (excludes halogenated alkanes) is 3. The third-order valence-corrected chi connectivity index (χ3v) is 2.63. The van der Waals surface area contributed by atoms with Gasteiger partial charge in [0.05, 0.1) is 5.56 Å². The minimum absolute atomic E-state index is 0. The fraction of sp³-hybridized carbons (Fsp3) is 0.462. The van der Waals surface area contributed by atoms with Crippen molar-refractivity contribution in [1.82, 2.24) is 0 Å². The molecular formula is C13H17KO3. The SMILES string of the molecule is CCCCCCc1cccc(C(=O)O)c1[O-].[K+]. The van der Waals surface area contributed by atoms with Gasteiger partial charge in [-0.3, -0.25) is 0 Å². The second-order valence-corrected chi connectivity index (χ2v) is 3.91. The molecule has 0 bridgehead atoms. The normalized spacial score (nSPS) is 9.71. The summed E-state index contributed by atoms with van der Waals surface area (Å²) in [6, 6.07) is 4.72. The van der Waals surface area contributed by atoms with Crippen molar-refractivity contribution in [3.05, 3.63) is 29.3 Å². The number of aryl methyl sites for hydroxylation is 1. The Kier molecular flexibility index (Phi) is 9.18. The van der Waals surface area contributed by atoms with Crippen LogP contribution < -0.4 is 56.5 Å². The number of carboxylic acid groups (broad SMARTS) is 1. The standard InChI is InChI=1S/C13H18O3.K/c1-2-3-4-5-7-10-8-6-9-11(12(10)14)13(15)16;/h6,8-9,14H,2-5,7H2,1H3,(H,15,16);/q;+1/p-1. The molecule has 0 spiro atoms. The minimum Gasteiger partial charge on any atom is -0.872 e. The molecule has 17 heavy (non-hydrogen) atoms. The average Bonchev–Trinajstić information content (AvgIpc) is 2.26. The van der Waals surface area contributed by atoms with Gasteiger partial charge in [0.2, 0.25) is 0 Å². The number of carbonyl (C=O) groups is 1. The van der Waals surface area contributed by atoms with Gasteiger partial charge in [-0.15, -0.1) is 0 Å². The summed E-state index contributed by atoms with van der Waals surface area (Å²) in [5.41, 5.74) is 0.504. The van der Waals surface area contributed by atoms with Gasteiger partial charge in [0.25, 0.3) is 0 Å². The largest absolute Gasteiger partial charge is 1.00 e. The second-order valence-electron chi connectivity index (χ2n) is 3.91. The second kappa shape index (κ2) is 9.11. The summed E-state index contributed by atoms with van der Waals surface area (Å²) in [6.07, 6.45) is 5.03. The molecule has 0 heterocycles. The van der Waals surface area contributed by atoms with Crippen molar-refractivity contribution in [1.29, 1.82) is 0 Å². The van der Waals surface area contributed by atoms with Crippen molar-refractivity contribution in [2.75, 3.05) is 0 Å². The number of aromatic carboxylic acids is 1. The van der Waals surface area contributed by atoms with E-state index in [1.165, 1.54) is 6.07 Å². The van der Waals surface area contributed by atoms with Gasteiger partial charge in [0, 0.05) is 0 Å². The first-order valence-corrected chi connectivity index (χ1v) is 5.69. The molecular weight excluding hydrogens is 243 g/mol. The number of rotatable bonds is 6. The topological polar surface area (TPSA) is 60.4 Å². The third-order valence-electron chi connectivity index (χ3n) is 2.63. The Morgan fingerprint density at radius 1 is 1.29 bits per heavy atom. The molecule has 0 aliphatic rings. The van der Waals surface area contributed by atoms with Crippen LogP contribution in [0.5, 0.6) is 5.75 Å². The molecule has 0 saturated carbocycles. The van der Waals surface area contributed by atoms with Crippen LogP contribution in [0.3, 0.4) is 0 Å². The zero-order valence-corrected chi connectivity index (χ0v) is 13.7. The summed E-state index contributed by atoms with van der Waals surface area (Å²) >= 11 is 0. The molecule has 3 nitrogen and oxygen atoms in total. The smallest absolute Gasteiger partial charge is 0.872 e. The van der Waals surface area contributed by atoms with Crippen molar-refractivity contribution in [3.63, 3.8) is 0 Å². The first-order chi connectivity index (χ1) is 7.66. The molecule has 0 fully saturated rings. The quantitative estimate of drug-likeness (QED) is 0.558. The minimum atomic E-state index is -1.14. The molecule has 1 N–H and O–H groups in total. The van der Waals surface area contributed by atoms with Crippen LogP contribution in [0.25, 0.3) is 0 Å². The summed E-state index contributed by atoms with van der Waals surface area (Å²) < 4.78 is 0. The van der Waals surface area contributed by atoms with E-state index in [0.717, 1.165) is 25.7 Å². The van der Waals surface area contributed by atoms with Crippen LogP contribution in [0, 0.1) is 0 Å². The Labute approximate surface area is 145 Å². The predicted octanol–water partition coefficient (Wildman–Crippen LogP) is -0.415. The van der Waals surface area contributed by atoms with E-state index in [1.807, 2.05) is 0 Å². The maximum absolute atomic E-state index is 11.7. The van der Waals surface area contributed by atoms with Crippen LogP contribution in [0.2, 0.25) is 0 Å². The molecule has 0 atom stereocenters. The van der Waals surface area contributed by atoms with Crippen molar-refractivity contribution < 1.29 is 66.4 Å². The molecule has 1 aromatic rings. The molecule has 0 aliphatic heterocycles. The summed E-state index contributed by atoms with van der Waals surface area (Å²) in [7, 11) is 0. The van der Waals surface area contributed by atoms with E-state index < -0.39 is 5.97 Å². The summed E-state index contributed by atoms with van der Waals surface area (Å²) in [5.74, 6) is -1.47. The van der Waals surface area contributed by atoms with Crippen LogP contribution in [0.4, 0.5) is 0 Å². The summed E-state index contributed by atoms with van der Waals surface area (Å²) in [6.45, 7) is 2.13. The molecule has 0 unspecified atom stereocenters. The van der Waals surface area contributed by atoms with Crippen LogP contribution in [0.1, 0.15) is 48.5 Å². The van der Waals surface area contributed by atoms with Gasteiger partial charge < -0.3 is 10.2 Å². The first kappa shape index (κ1) is 17.1. The Morgan fingerprint density at radius 3 is 2.59 bits per heavy atom. The van der Waals surface area contributed by atoms with Crippen LogP contribution in [-0.4, -0.2) is 11.1 Å². The van der Waals surface area contributed by atoms with Gasteiger partial charge in [-0.1, -0.05) is 49.6 Å². The molecule has 88 valence electrons. The van der Waals surface area contributed by atoms with Crippen molar-refractivity contribution in [2.45, 2.75) is 39.0 Å². The van der Waals surface area contributed by atoms with E-state index in [1.54, 1.807) is 12.1 Å². The number of carboxylic acids is 1. The molecule has 0 radical (unpaired) electrons. The van der Waals surface area contributed by atoms with Crippen LogP contribution >= 0.6 is 0 Å². The molecule has 1 rings (SSSR count). The molecule has 4 heteroatoms. The molecule has 0 saturated heterocycles. The van der Waals surface area contributed by atoms with Crippen molar-refractivity contribution in [2.24, 2.45) is 0 Å². The Bertz CT molecular complexity index is 364. The Balaban J connectivity index is 0.00000256. The average molecular weight is 260 g/mol. The molecule has 1 aromatic carbocycles. The summed E-state index contributed by atoms with van der Waals surface area (Å²) in [4.78, 5) is 10.8. The first-order valence-electron chi connectivity index (χ1n) is 5.69. The number of para-hydroxylation sites is 1. The number of hydrogen-bond donors (Lipinski definition) is 1. The number of benzene rings is 1. The fourth-order valence-corrected chi connectivity index (χ4v) is 1.69. The Hall–Kier alpha value is 0.126. The molecule has 0 aromatic heterocycles. The molecule has 0 amide bonds. The zero-order valence-electron chi connectivity index (χ0n) is 10.5. The van der Waals surface area contributed by atoms with Crippen LogP contribution in [-0.2, 0) is 6.42 Å². The summed E-state index contributed by atoms with van der Waals surface area (Å²) in [5, 5.41) is 20.5. The van der Waals surface area contributed by atoms with Gasteiger partial charge in [-0.25, -0.2) is 4.79 Å². The van der Waals surface area contributed by atoms with Gasteiger partial charge in [-0.05, 0) is 18.9 Å². The number of hydrogen-bond acceptors (Lipinski definition) is 2.